The fourth-order valence-electron chi connectivity index (χ4n) is 4.39. The zero-order chi connectivity index (χ0) is 31.5. The van der Waals surface area contributed by atoms with E-state index in [2.05, 4.69) is 31.3 Å². The molecule has 9 heteroatoms. The maximum Gasteiger partial charge on any atom is 0.472 e. The van der Waals surface area contributed by atoms with E-state index in [1.807, 2.05) is 27.2 Å². The average molecular weight is 618 g/mol. The summed E-state index contributed by atoms with van der Waals surface area (Å²) in [6, 6.07) is -0.843. The molecule has 0 bridgehead atoms. The number of carbonyl (C=O) groups is 1. The number of aliphatic hydroxyl groups excluding tert-OH is 1. The Bertz CT molecular complexity index is 753. The van der Waals surface area contributed by atoms with Crippen LogP contribution in [-0.4, -0.2) is 73.4 Å². The van der Waals surface area contributed by atoms with Crippen LogP contribution in [0.3, 0.4) is 0 Å². The van der Waals surface area contributed by atoms with Crippen LogP contribution in [0.1, 0.15) is 129 Å². The van der Waals surface area contributed by atoms with Gasteiger partial charge in [0.05, 0.1) is 39.9 Å². The fraction of sp³-hybridized carbons (Fsp3) is 0.848. The molecule has 0 fully saturated rings. The summed E-state index contributed by atoms with van der Waals surface area (Å²) in [4.78, 5) is 22.8. The number of allylic oxidation sites excluding steroid dienone is 3. The van der Waals surface area contributed by atoms with Crippen LogP contribution >= 0.6 is 7.82 Å². The Balaban J connectivity index is 4.66. The van der Waals surface area contributed by atoms with E-state index < -0.39 is 20.0 Å². The van der Waals surface area contributed by atoms with E-state index in [-0.39, 0.29) is 19.1 Å². The summed E-state index contributed by atoms with van der Waals surface area (Å²) in [7, 11) is 1.56. The van der Waals surface area contributed by atoms with Gasteiger partial charge in [-0.15, -0.1) is 0 Å². The molecule has 0 aliphatic rings. The van der Waals surface area contributed by atoms with E-state index in [1.165, 1.54) is 51.4 Å². The molecule has 0 saturated heterocycles. The second kappa shape index (κ2) is 26.4. The van der Waals surface area contributed by atoms with Crippen LogP contribution in [0.2, 0.25) is 0 Å². The minimum absolute atomic E-state index is 0.0599. The summed E-state index contributed by atoms with van der Waals surface area (Å²) in [5, 5.41) is 13.6. The number of unbranched alkanes of at least 4 members (excludes halogenated alkanes) is 14. The smallest absolute Gasteiger partial charge is 0.387 e. The molecule has 0 aliphatic carbocycles. The van der Waals surface area contributed by atoms with Crippen molar-refractivity contribution in [1.29, 1.82) is 0 Å². The van der Waals surface area contributed by atoms with Gasteiger partial charge in [0.15, 0.2) is 0 Å². The molecule has 3 unspecified atom stereocenters. The molecule has 1 amide bonds. The number of phosphoric ester groups is 1. The van der Waals surface area contributed by atoms with Gasteiger partial charge < -0.3 is 19.8 Å². The lowest BCUT2D eigenvalue weighted by molar-refractivity contribution is -0.870. The van der Waals surface area contributed by atoms with Gasteiger partial charge in [-0.1, -0.05) is 109 Å². The summed E-state index contributed by atoms with van der Waals surface area (Å²) < 4.78 is 23.3. The highest BCUT2D eigenvalue weighted by Gasteiger charge is 2.27. The molecule has 0 spiro atoms. The first-order valence-electron chi connectivity index (χ1n) is 16.7. The second-order valence-corrected chi connectivity index (χ2v) is 14.0. The van der Waals surface area contributed by atoms with Crippen LogP contribution in [0.5, 0.6) is 0 Å². The van der Waals surface area contributed by atoms with Crippen LogP contribution < -0.4 is 5.32 Å². The molecule has 0 rings (SSSR count). The Morgan fingerprint density at radius 2 is 1.33 bits per heavy atom. The minimum atomic E-state index is -4.32. The van der Waals surface area contributed by atoms with Crippen molar-refractivity contribution < 1.29 is 32.9 Å². The fourth-order valence-corrected chi connectivity index (χ4v) is 5.13. The van der Waals surface area contributed by atoms with Crippen LogP contribution in [0.4, 0.5) is 0 Å². The van der Waals surface area contributed by atoms with Crippen molar-refractivity contribution in [2.75, 3.05) is 40.9 Å². The molecular weight excluding hydrogens is 551 g/mol. The van der Waals surface area contributed by atoms with Crippen molar-refractivity contribution in [2.45, 2.75) is 142 Å². The third-order valence-electron chi connectivity index (χ3n) is 7.15. The highest BCUT2D eigenvalue weighted by atomic mass is 31.2. The van der Waals surface area contributed by atoms with Gasteiger partial charge in [-0.3, -0.25) is 13.8 Å². The number of nitrogens with one attached hydrogen (secondary N) is 1. The number of nitrogens with zero attached hydrogens (tertiary/aromatic N) is 1. The van der Waals surface area contributed by atoms with E-state index in [0.29, 0.717) is 17.4 Å². The van der Waals surface area contributed by atoms with E-state index in [4.69, 9.17) is 9.05 Å². The first-order valence-corrected chi connectivity index (χ1v) is 18.2. The average Bonchev–Trinajstić information content (AvgIpc) is 2.92. The summed E-state index contributed by atoms with van der Waals surface area (Å²) in [6.45, 7) is 4.68. The normalized spacial score (nSPS) is 15.3. The molecule has 0 aliphatic heterocycles. The predicted molar refractivity (Wildman–Crippen MR) is 175 cm³/mol. The lowest BCUT2D eigenvalue weighted by Gasteiger charge is -2.25. The molecule has 0 radical (unpaired) electrons. The molecule has 3 N–H and O–H groups in total. The maximum absolute atomic E-state index is 12.7. The number of likely N-dealkylation sites (N-methyl/N-ethyl adjacent to an activating group) is 1. The SMILES string of the molecule is CCC/C=C\CCCCCCCC(=O)NC(COP(=O)(O)OCC[N+](C)(C)C)C(O)/C=C/CCCCCCCCCC. The van der Waals surface area contributed by atoms with Crippen LogP contribution in [0.25, 0.3) is 0 Å². The van der Waals surface area contributed by atoms with E-state index in [1.54, 1.807) is 6.08 Å². The van der Waals surface area contributed by atoms with Gasteiger partial charge in [0.25, 0.3) is 0 Å². The van der Waals surface area contributed by atoms with Gasteiger partial charge in [0, 0.05) is 6.42 Å². The molecule has 0 aromatic rings. The first-order chi connectivity index (χ1) is 20.0. The van der Waals surface area contributed by atoms with Gasteiger partial charge >= 0.3 is 7.82 Å². The van der Waals surface area contributed by atoms with Crippen molar-refractivity contribution in [1.82, 2.24) is 5.32 Å². The van der Waals surface area contributed by atoms with E-state index in [9.17, 15) is 19.4 Å². The number of phosphoric acid groups is 1. The Morgan fingerprint density at radius 3 is 1.93 bits per heavy atom. The quantitative estimate of drug-likeness (QED) is 0.0342. The van der Waals surface area contributed by atoms with Crippen LogP contribution in [0.15, 0.2) is 24.3 Å². The Hall–Kier alpha value is -1.02. The zero-order valence-electron chi connectivity index (χ0n) is 27.7. The molecule has 0 heterocycles. The Morgan fingerprint density at radius 1 is 0.786 bits per heavy atom. The lowest BCUT2D eigenvalue weighted by atomic mass is 10.1. The summed E-state index contributed by atoms with van der Waals surface area (Å²) in [5.41, 5.74) is 0. The van der Waals surface area contributed by atoms with Gasteiger partial charge in [-0.05, 0) is 38.5 Å². The lowest BCUT2D eigenvalue weighted by Crippen LogP contribution is -2.45. The summed E-state index contributed by atoms with van der Waals surface area (Å²) >= 11 is 0. The topological polar surface area (TPSA) is 105 Å². The molecule has 248 valence electrons. The number of rotatable bonds is 29. The maximum atomic E-state index is 12.7. The highest BCUT2D eigenvalue weighted by Crippen LogP contribution is 2.43. The van der Waals surface area contributed by atoms with Gasteiger partial charge in [0.2, 0.25) is 5.91 Å². The molecule has 3 atom stereocenters. The van der Waals surface area contributed by atoms with Gasteiger partial charge in [-0.25, -0.2) is 4.57 Å². The van der Waals surface area contributed by atoms with Crippen LogP contribution in [-0.2, 0) is 18.4 Å². The molecular formula is C33H66N2O6P+. The monoisotopic (exact) mass is 617 g/mol. The van der Waals surface area contributed by atoms with Gasteiger partial charge in [-0.2, -0.15) is 0 Å². The molecule has 0 aromatic carbocycles. The first kappa shape index (κ1) is 41.0. The molecule has 42 heavy (non-hydrogen) atoms. The zero-order valence-corrected chi connectivity index (χ0v) is 28.6. The number of hydrogen-bond donors (Lipinski definition) is 3. The Kier molecular flexibility index (Phi) is 25.7. The van der Waals surface area contributed by atoms with Crippen molar-refractivity contribution >= 4 is 13.7 Å². The Labute approximate surface area is 258 Å². The van der Waals surface area contributed by atoms with E-state index >= 15 is 0 Å². The van der Waals surface area contributed by atoms with Crippen molar-refractivity contribution in [3.63, 3.8) is 0 Å². The number of carbonyl (C=O) groups excluding carboxylic acids is 1. The standard InChI is InChI=1S/C33H65N2O6P/c1-6-8-10-12-14-16-18-20-22-24-26-32(36)31(30-41-42(38,39)40-29-28-35(3,4)5)34-33(37)27-25-23-21-19-17-15-13-11-9-7-2/h11,13,24,26,31-32,36H,6-10,12,14-23,25,27-30H2,1-5H3,(H-,34,37,38,39)/p+1/b13-11-,26-24+. The third kappa shape index (κ3) is 27.8. The predicted octanol–water partition coefficient (Wildman–Crippen LogP) is 7.85. The third-order valence-corrected chi connectivity index (χ3v) is 8.13. The second-order valence-electron chi connectivity index (χ2n) is 12.5. The van der Waals surface area contributed by atoms with Gasteiger partial charge in [0.1, 0.15) is 13.2 Å². The van der Waals surface area contributed by atoms with Crippen molar-refractivity contribution in [3.8, 4) is 0 Å². The largest absolute Gasteiger partial charge is 0.472 e. The summed E-state index contributed by atoms with van der Waals surface area (Å²) in [6.07, 6.45) is 26.7. The van der Waals surface area contributed by atoms with Crippen LogP contribution in [0, 0.1) is 0 Å². The molecule has 0 saturated carbocycles. The minimum Gasteiger partial charge on any atom is -0.387 e. The van der Waals surface area contributed by atoms with Crippen molar-refractivity contribution in [3.05, 3.63) is 24.3 Å². The number of quaternary nitrogens is 1. The molecule has 8 nitrogen and oxygen atoms in total. The van der Waals surface area contributed by atoms with E-state index in [0.717, 1.165) is 57.8 Å². The molecule has 0 aromatic heterocycles. The van der Waals surface area contributed by atoms with Crippen molar-refractivity contribution in [2.24, 2.45) is 0 Å². The number of amides is 1. The number of hydrogen-bond acceptors (Lipinski definition) is 5. The number of aliphatic hydroxyl groups is 1. The highest BCUT2D eigenvalue weighted by molar-refractivity contribution is 7.47. The summed E-state index contributed by atoms with van der Waals surface area (Å²) in [5.74, 6) is -0.194.